The molecule has 0 unspecified atom stereocenters. The van der Waals surface area contributed by atoms with Gasteiger partial charge in [0.1, 0.15) is 0 Å². The number of fused-ring (bicyclic) bond motifs is 3. The molecule has 0 radical (unpaired) electrons. The molecule has 0 aromatic heterocycles. The maximum atomic E-state index is 11.9. The van der Waals surface area contributed by atoms with Gasteiger partial charge in [0.2, 0.25) is 0 Å². The van der Waals surface area contributed by atoms with Crippen molar-refractivity contribution < 1.29 is 4.79 Å². The van der Waals surface area contributed by atoms with Crippen LogP contribution in [0.5, 0.6) is 0 Å². The summed E-state index contributed by atoms with van der Waals surface area (Å²) in [5, 5.41) is 4.60. The van der Waals surface area contributed by atoms with E-state index in [1.807, 2.05) is 37.3 Å². The molecule has 0 saturated carbocycles. The van der Waals surface area contributed by atoms with Crippen molar-refractivity contribution in [2.45, 2.75) is 13.8 Å². The summed E-state index contributed by atoms with van der Waals surface area (Å²) in [6.07, 6.45) is 0. The van der Waals surface area contributed by atoms with E-state index in [0.29, 0.717) is 0 Å². The molecule has 0 aliphatic rings. The molecule has 0 bridgehead atoms. The Morgan fingerprint density at radius 1 is 0.778 bits per heavy atom. The Hall–Kier alpha value is -2.15. The molecule has 0 saturated heterocycles. The first-order valence-electron chi connectivity index (χ1n) is 6.11. The van der Waals surface area contributed by atoms with E-state index >= 15 is 0 Å². The molecule has 0 atom stereocenters. The Balaban J connectivity index is 2.66. The molecule has 0 spiro atoms. The molecule has 3 rings (SSSR count). The van der Waals surface area contributed by atoms with Gasteiger partial charge in [-0.2, -0.15) is 0 Å². The number of rotatable bonds is 1. The van der Waals surface area contributed by atoms with Gasteiger partial charge in [0.15, 0.2) is 5.78 Å². The quantitative estimate of drug-likeness (QED) is 0.447. The maximum absolute atomic E-state index is 11.9. The van der Waals surface area contributed by atoms with Crippen LogP contribution in [0.15, 0.2) is 48.5 Å². The van der Waals surface area contributed by atoms with Crippen LogP contribution in [0.3, 0.4) is 0 Å². The number of carbonyl (C=O) groups excluding carboxylic acids is 1. The van der Waals surface area contributed by atoms with Gasteiger partial charge in [0.25, 0.3) is 0 Å². The Bertz CT molecular complexity index is 769. The highest BCUT2D eigenvalue weighted by Gasteiger charge is 2.13. The summed E-state index contributed by atoms with van der Waals surface area (Å²) >= 11 is 0. The first kappa shape index (κ1) is 11.0. The van der Waals surface area contributed by atoms with Crippen LogP contribution in [-0.2, 0) is 0 Å². The lowest BCUT2D eigenvalue weighted by Gasteiger charge is -2.12. The highest BCUT2D eigenvalue weighted by atomic mass is 16.1. The van der Waals surface area contributed by atoms with Crippen molar-refractivity contribution in [2.75, 3.05) is 0 Å². The Morgan fingerprint density at radius 2 is 1.22 bits per heavy atom. The first-order valence-corrected chi connectivity index (χ1v) is 6.11. The third-order valence-corrected chi connectivity index (χ3v) is 3.54. The second-order valence-corrected chi connectivity index (χ2v) is 4.65. The molecule has 18 heavy (non-hydrogen) atoms. The fraction of sp³-hybridized carbons (Fsp3) is 0.118. The van der Waals surface area contributed by atoms with Crippen LogP contribution in [0.1, 0.15) is 22.8 Å². The third-order valence-electron chi connectivity index (χ3n) is 3.54. The van der Waals surface area contributed by atoms with Crippen LogP contribution in [0.25, 0.3) is 21.5 Å². The summed E-state index contributed by atoms with van der Waals surface area (Å²) in [6.45, 7) is 3.68. The number of hydrogen-bond acceptors (Lipinski definition) is 1. The monoisotopic (exact) mass is 234 g/mol. The number of hydrogen-bond donors (Lipinski definition) is 0. The highest BCUT2D eigenvalue weighted by Crippen LogP contribution is 2.32. The molecule has 0 fully saturated rings. The van der Waals surface area contributed by atoms with Gasteiger partial charge < -0.3 is 0 Å². The van der Waals surface area contributed by atoms with Crippen LogP contribution < -0.4 is 0 Å². The Kier molecular flexibility index (Phi) is 2.41. The van der Waals surface area contributed by atoms with Crippen LogP contribution in [-0.4, -0.2) is 5.78 Å². The van der Waals surface area contributed by atoms with E-state index in [1.54, 1.807) is 6.92 Å². The van der Waals surface area contributed by atoms with Gasteiger partial charge in [-0.05, 0) is 41.0 Å². The summed E-state index contributed by atoms with van der Waals surface area (Å²) in [5.74, 6) is 0.134. The molecule has 3 aromatic rings. The molecule has 1 nitrogen and oxygen atoms in total. The predicted octanol–water partition coefficient (Wildman–Crippen LogP) is 4.50. The fourth-order valence-corrected chi connectivity index (χ4v) is 2.77. The van der Waals surface area contributed by atoms with Crippen molar-refractivity contribution in [2.24, 2.45) is 0 Å². The molecule has 0 aliphatic carbocycles. The van der Waals surface area contributed by atoms with Crippen molar-refractivity contribution in [3.05, 3.63) is 59.7 Å². The summed E-state index contributed by atoms with van der Waals surface area (Å²) < 4.78 is 0. The maximum Gasteiger partial charge on any atom is 0.160 e. The van der Waals surface area contributed by atoms with Gasteiger partial charge in [0.05, 0.1) is 0 Å². The highest BCUT2D eigenvalue weighted by molar-refractivity contribution is 6.18. The van der Waals surface area contributed by atoms with E-state index in [1.165, 1.54) is 10.8 Å². The van der Waals surface area contributed by atoms with Gasteiger partial charge in [-0.3, -0.25) is 4.79 Å². The van der Waals surface area contributed by atoms with Gasteiger partial charge in [0, 0.05) is 5.56 Å². The van der Waals surface area contributed by atoms with Crippen molar-refractivity contribution in [3.8, 4) is 0 Å². The second kappa shape index (κ2) is 3.95. The molecule has 0 N–H and O–H groups in total. The zero-order chi connectivity index (χ0) is 12.7. The lowest BCUT2D eigenvalue weighted by molar-refractivity contribution is 0.101. The standard InChI is InChI=1S/C17H14O/c1-11-13-7-3-4-8-14(13)15-9-5-6-10-16(15)17(11)12(2)18/h3-10H,1-2H3. The Labute approximate surface area is 106 Å². The average Bonchev–Trinajstić information content (AvgIpc) is 2.39. The summed E-state index contributed by atoms with van der Waals surface area (Å²) in [7, 11) is 0. The van der Waals surface area contributed by atoms with Gasteiger partial charge in [-0.25, -0.2) is 0 Å². The van der Waals surface area contributed by atoms with Crippen LogP contribution in [0, 0.1) is 6.92 Å². The van der Waals surface area contributed by atoms with Crippen molar-refractivity contribution in [1.82, 2.24) is 0 Å². The summed E-state index contributed by atoms with van der Waals surface area (Å²) in [4.78, 5) is 11.9. The largest absolute Gasteiger partial charge is 0.294 e. The van der Waals surface area contributed by atoms with Crippen molar-refractivity contribution >= 4 is 27.3 Å². The minimum absolute atomic E-state index is 0.134. The third kappa shape index (κ3) is 1.44. The second-order valence-electron chi connectivity index (χ2n) is 4.65. The fourth-order valence-electron chi connectivity index (χ4n) is 2.77. The molecule has 0 aliphatic heterocycles. The zero-order valence-electron chi connectivity index (χ0n) is 10.5. The van der Waals surface area contributed by atoms with Crippen LogP contribution >= 0.6 is 0 Å². The van der Waals surface area contributed by atoms with Crippen LogP contribution in [0.2, 0.25) is 0 Å². The number of aryl methyl sites for hydroxylation is 1. The topological polar surface area (TPSA) is 17.1 Å². The van der Waals surface area contributed by atoms with E-state index in [4.69, 9.17) is 0 Å². The average molecular weight is 234 g/mol. The normalized spacial score (nSPS) is 11.0. The van der Waals surface area contributed by atoms with E-state index in [0.717, 1.165) is 21.9 Å². The van der Waals surface area contributed by atoms with Gasteiger partial charge in [-0.1, -0.05) is 48.5 Å². The lowest BCUT2D eigenvalue weighted by Crippen LogP contribution is -1.99. The summed E-state index contributed by atoms with van der Waals surface area (Å²) in [5.41, 5.74) is 1.93. The molecular weight excluding hydrogens is 220 g/mol. The zero-order valence-corrected chi connectivity index (χ0v) is 10.5. The van der Waals surface area contributed by atoms with Crippen molar-refractivity contribution in [3.63, 3.8) is 0 Å². The molecule has 88 valence electrons. The first-order chi connectivity index (χ1) is 8.70. The number of carbonyl (C=O) groups is 1. The molecule has 0 amide bonds. The van der Waals surface area contributed by atoms with E-state index < -0.39 is 0 Å². The van der Waals surface area contributed by atoms with Gasteiger partial charge >= 0.3 is 0 Å². The minimum atomic E-state index is 0.134. The molecule has 3 aromatic carbocycles. The van der Waals surface area contributed by atoms with E-state index in [-0.39, 0.29) is 5.78 Å². The molecular formula is C17H14O. The smallest absolute Gasteiger partial charge is 0.160 e. The minimum Gasteiger partial charge on any atom is -0.294 e. The summed E-state index contributed by atoms with van der Waals surface area (Å²) in [6, 6.07) is 16.4. The van der Waals surface area contributed by atoms with Crippen LogP contribution in [0.4, 0.5) is 0 Å². The molecule has 0 heterocycles. The number of ketones is 1. The molecule has 1 heteroatoms. The SMILES string of the molecule is CC(=O)c1c(C)c2ccccc2c2ccccc12. The number of Topliss-reactive ketones (excluding diaryl/α,β-unsaturated/α-hetero) is 1. The lowest BCUT2D eigenvalue weighted by atomic mass is 9.91. The number of benzene rings is 3. The van der Waals surface area contributed by atoms with Gasteiger partial charge in [-0.15, -0.1) is 0 Å². The van der Waals surface area contributed by atoms with E-state index in [9.17, 15) is 4.79 Å². The Morgan fingerprint density at radius 3 is 1.78 bits per heavy atom. The predicted molar refractivity (Wildman–Crippen MR) is 76.2 cm³/mol. The van der Waals surface area contributed by atoms with Crippen molar-refractivity contribution in [1.29, 1.82) is 0 Å². The van der Waals surface area contributed by atoms with E-state index in [2.05, 4.69) is 18.2 Å².